The standard InChI is InChI=1S/C23H23ClF2N2O4/c1-31-21(29)16-4-3-15(13-17(16)20(25)26)32-11-10-28-8-6-23(7-9-28)18-12-14(24)2-5-19(18)27-22(23)30/h2-5,12-13,20H,6-11H2,1H3,(H,27,30). The minimum atomic E-state index is -2.82. The van der Waals surface area contributed by atoms with Crippen LogP contribution in [0.2, 0.25) is 5.02 Å². The summed E-state index contributed by atoms with van der Waals surface area (Å²) < 4.78 is 36.8. The van der Waals surface area contributed by atoms with Crippen LogP contribution in [0.4, 0.5) is 14.5 Å². The van der Waals surface area contributed by atoms with Crippen LogP contribution in [0.5, 0.6) is 5.75 Å². The number of nitrogens with one attached hydrogen (secondary N) is 1. The highest BCUT2D eigenvalue weighted by atomic mass is 35.5. The molecule has 1 amide bonds. The Bertz CT molecular complexity index is 1040. The van der Waals surface area contributed by atoms with Crippen molar-refractivity contribution in [2.75, 3.05) is 38.7 Å². The maximum atomic E-state index is 13.3. The fourth-order valence-electron chi connectivity index (χ4n) is 4.44. The molecule has 0 aromatic heterocycles. The van der Waals surface area contributed by atoms with Crippen LogP contribution in [-0.4, -0.2) is 50.1 Å². The molecule has 2 aromatic rings. The Hall–Kier alpha value is -2.71. The second kappa shape index (κ2) is 9.03. The summed E-state index contributed by atoms with van der Waals surface area (Å²) in [7, 11) is 1.15. The highest BCUT2D eigenvalue weighted by molar-refractivity contribution is 6.31. The molecule has 1 spiro atoms. The molecule has 0 atom stereocenters. The van der Waals surface area contributed by atoms with Gasteiger partial charge in [-0.2, -0.15) is 0 Å². The molecule has 4 rings (SSSR count). The zero-order chi connectivity index (χ0) is 22.9. The Morgan fingerprint density at radius 1 is 1.22 bits per heavy atom. The van der Waals surface area contributed by atoms with E-state index in [0.717, 1.165) is 18.4 Å². The number of rotatable bonds is 6. The van der Waals surface area contributed by atoms with Crippen molar-refractivity contribution in [3.05, 3.63) is 58.1 Å². The van der Waals surface area contributed by atoms with Gasteiger partial charge in [0.25, 0.3) is 6.43 Å². The number of fused-ring (bicyclic) bond motifs is 2. The molecule has 1 N–H and O–H groups in total. The molecule has 0 saturated carbocycles. The summed E-state index contributed by atoms with van der Waals surface area (Å²) in [5.41, 5.74) is 0.621. The van der Waals surface area contributed by atoms with Crippen LogP contribution in [0, 0.1) is 0 Å². The molecule has 2 heterocycles. The van der Waals surface area contributed by atoms with Crippen LogP contribution in [0.1, 0.15) is 40.8 Å². The van der Waals surface area contributed by atoms with Crippen molar-refractivity contribution < 1.29 is 27.8 Å². The van der Waals surface area contributed by atoms with Gasteiger partial charge in [-0.1, -0.05) is 11.6 Å². The minimum Gasteiger partial charge on any atom is -0.492 e. The first-order valence-electron chi connectivity index (χ1n) is 10.3. The van der Waals surface area contributed by atoms with Crippen LogP contribution < -0.4 is 10.1 Å². The zero-order valence-electron chi connectivity index (χ0n) is 17.5. The average Bonchev–Trinajstić information content (AvgIpc) is 3.05. The molecule has 2 aliphatic rings. The van der Waals surface area contributed by atoms with Crippen LogP contribution in [0.15, 0.2) is 36.4 Å². The predicted octanol–water partition coefficient (Wildman–Crippen LogP) is 4.43. The third-order valence-electron chi connectivity index (χ3n) is 6.23. The number of carbonyl (C=O) groups is 2. The maximum Gasteiger partial charge on any atom is 0.338 e. The Labute approximate surface area is 189 Å². The number of hydrogen-bond acceptors (Lipinski definition) is 5. The van der Waals surface area contributed by atoms with Gasteiger partial charge in [-0.15, -0.1) is 0 Å². The second-order valence-electron chi connectivity index (χ2n) is 7.96. The Morgan fingerprint density at radius 3 is 2.66 bits per heavy atom. The number of hydrogen-bond donors (Lipinski definition) is 1. The van der Waals surface area contributed by atoms with Gasteiger partial charge < -0.3 is 14.8 Å². The molecule has 0 aliphatic carbocycles. The van der Waals surface area contributed by atoms with Gasteiger partial charge in [0.1, 0.15) is 12.4 Å². The average molecular weight is 465 g/mol. The van der Waals surface area contributed by atoms with Crippen LogP contribution in [-0.2, 0) is 14.9 Å². The molecule has 170 valence electrons. The molecule has 1 fully saturated rings. The third kappa shape index (κ3) is 4.17. The summed E-state index contributed by atoms with van der Waals surface area (Å²) >= 11 is 6.16. The van der Waals surface area contributed by atoms with Crippen LogP contribution >= 0.6 is 11.6 Å². The summed E-state index contributed by atoms with van der Waals surface area (Å²) in [5.74, 6) is -0.538. The number of methoxy groups -OCH3 is 1. The monoisotopic (exact) mass is 464 g/mol. The molecule has 0 bridgehead atoms. The molecule has 6 nitrogen and oxygen atoms in total. The highest BCUT2D eigenvalue weighted by Gasteiger charge is 2.48. The fraction of sp³-hybridized carbons (Fsp3) is 0.391. The molecule has 2 aromatic carbocycles. The molecule has 0 unspecified atom stereocenters. The number of likely N-dealkylation sites (tertiary alicyclic amines) is 1. The molecule has 9 heteroatoms. The number of carbonyl (C=O) groups excluding carboxylic acids is 2. The van der Waals surface area contributed by atoms with E-state index in [0.29, 0.717) is 44.1 Å². The van der Waals surface area contributed by atoms with E-state index in [4.69, 9.17) is 16.3 Å². The molecular formula is C23H23ClF2N2O4. The van der Waals surface area contributed by atoms with Gasteiger partial charge in [-0.05, 0) is 67.9 Å². The number of nitrogens with zero attached hydrogens (tertiary/aromatic N) is 1. The van der Waals surface area contributed by atoms with Crippen molar-refractivity contribution in [1.82, 2.24) is 4.90 Å². The van der Waals surface area contributed by atoms with E-state index in [1.807, 2.05) is 12.1 Å². The van der Waals surface area contributed by atoms with Gasteiger partial charge in [0.15, 0.2) is 0 Å². The Morgan fingerprint density at radius 2 is 1.97 bits per heavy atom. The zero-order valence-corrected chi connectivity index (χ0v) is 18.3. The molecule has 2 aliphatic heterocycles. The van der Waals surface area contributed by atoms with Crippen LogP contribution in [0.25, 0.3) is 0 Å². The van der Waals surface area contributed by atoms with E-state index in [9.17, 15) is 18.4 Å². The van der Waals surface area contributed by atoms with E-state index >= 15 is 0 Å². The minimum absolute atomic E-state index is 0.0101. The van der Waals surface area contributed by atoms with E-state index in [1.165, 1.54) is 18.2 Å². The predicted molar refractivity (Wildman–Crippen MR) is 116 cm³/mol. The largest absolute Gasteiger partial charge is 0.492 e. The molecule has 32 heavy (non-hydrogen) atoms. The highest BCUT2D eigenvalue weighted by Crippen LogP contribution is 2.45. The molecular weight excluding hydrogens is 442 g/mol. The van der Waals surface area contributed by atoms with Crippen molar-refractivity contribution >= 4 is 29.2 Å². The Balaban J connectivity index is 1.35. The molecule has 0 radical (unpaired) electrons. The van der Waals surface area contributed by atoms with Gasteiger partial charge in [-0.3, -0.25) is 9.69 Å². The summed E-state index contributed by atoms with van der Waals surface area (Å²) in [6, 6.07) is 9.41. The number of benzene rings is 2. The topological polar surface area (TPSA) is 67.9 Å². The number of anilines is 1. The number of ether oxygens (including phenoxy) is 2. The second-order valence-corrected chi connectivity index (χ2v) is 8.39. The summed E-state index contributed by atoms with van der Waals surface area (Å²) in [6.07, 6.45) is -1.50. The van der Waals surface area contributed by atoms with Crippen molar-refractivity contribution in [3.63, 3.8) is 0 Å². The quantitative estimate of drug-likeness (QED) is 0.641. The van der Waals surface area contributed by atoms with E-state index in [2.05, 4.69) is 15.0 Å². The lowest BCUT2D eigenvalue weighted by Gasteiger charge is -2.38. The van der Waals surface area contributed by atoms with Crippen molar-refractivity contribution in [2.24, 2.45) is 0 Å². The normalized spacial score (nSPS) is 17.3. The van der Waals surface area contributed by atoms with Gasteiger partial charge in [0.2, 0.25) is 5.91 Å². The molecule has 1 saturated heterocycles. The Kier molecular flexibility index (Phi) is 6.35. The van der Waals surface area contributed by atoms with E-state index in [1.54, 1.807) is 6.07 Å². The van der Waals surface area contributed by atoms with E-state index in [-0.39, 0.29) is 17.2 Å². The summed E-state index contributed by atoms with van der Waals surface area (Å²) in [4.78, 5) is 26.6. The van der Waals surface area contributed by atoms with Crippen molar-refractivity contribution in [3.8, 4) is 5.75 Å². The first kappa shape index (κ1) is 22.5. The first-order chi connectivity index (χ1) is 15.3. The van der Waals surface area contributed by atoms with Crippen LogP contribution in [0.3, 0.4) is 0 Å². The number of halogens is 3. The first-order valence-corrected chi connectivity index (χ1v) is 10.7. The number of alkyl halides is 2. The number of amides is 1. The third-order valence-corrected chi connectivity index (χ3v) is 6.46. The summed E-state index contributed by atoms with van der Waals surface area (Å²) in [6.45, 7) is 2.28. The lowest BCUT2D eigenvalue weighted by atomic mass is 9.73. The van der Waals surface area contributed by atoms with Gasteiger partial charge in [-0.25, -0.2) is 13.6 Å². The number of piperidine rings is 1. The van der Waals surface area contributed by atoms with Crippen molar-refractivity contribution in [1.29, 1.82) is 0 Å². The van der Waals surface area contributed by atoms with Crippen molar-refractivity contribution in [2.45, 2.75) is 24.7 Å². The number of esters is 1. The van der Waals surface area contributed by atoms with Gasteiger partial charge in [0, 0.05) is 22.8 Å². The van der Waals surface area contributed by atoms with Gasteiger partial charge in [0.05, 0.1) is 18.1 Å². The lowest BCUT2D eigenvalue weighted by Crippen LogP contribution is -2.47. The SMILES string of the molecule is COC(=O)c1ccc(OCCN2CCC3(CC2)C(=O)Nc2ccc(Cl)cc23)cc1C(F)F. The smallest absolute Gasteiger partial charge is 0.338 e. The van der Waals surface area contributed by atoms with Gasteiger partial charge >= 0.3 is 5.97 Å². The fourth-order valence-corrected chi connectivity index (χ4v) is 4.61. The maximum absolute atomic E-state index is 13.3. The lowest BCUT2D eigenvalue weighted by molar-refractivity contribution is -0.122. The summed E-state index contributed by atoms with van der Waals surface area (Å²) in [5, 5.41) is 3.57. The van der Waals surface area contributed by atoms with E-state index < -0.39 is 23.4 Å².